The molecule has 3 aromatic carbocycles. The average Bonchev–Trinajstić information content (AvgIpc) is 3.70. The highest BCUT2D eigenvalue weighted by atomic mass is 16.3. The summed E-state index contributed by atoms with van der Waals surface area (Å²) in [5, 5.41) is 16.1. The smallest absolute Gasteiger partial charge is 0.243 e. The Hall–Kier alpha value is -5.16. The monoisotopic (exact) mass is 624 g/mol. The van der Waals surface area contributed by atoms with Crippen LogP contribution in [0.15, 0.2) is 85.1 Å². The van der Waals surface area contributed by atoms with E-state index in [1.807, 2.05) is 54.6 Å². The van der Waals surface area contributed by atoms with E-state index >= 15 is 0 Å². The third kappa shape index (κ3) is 8.10. The maximum atomic E-state index is 13.8. The molecular weight excluding hydrogens is 584 g/mol. The van der Waals surface area contributed by atoms with E-state index in [0.717, 1.165) is 27.6 Å². The number of hydrogen-bond acceptors (Lipinski definition) is 6. The largest absolute Gasteiger partial charge is 0.508 e. The predicted molar refractivity (Wildman–Crippen MR) is 174 cm³/mol. The second kappa shape index (κ2) is 14.7. The zero-order chi connectivity index (χ0) is 32.6. The molecule has 1 aliphatic heterocycles. The van der Waals surface area contributed by atoms with Gasteiger partial charge in [0.1, 0.15) is 23.9 Å². The minimum Gasteiger partial charge on any atom is -0.508 e. The van der Waals surface area contributed by atoms with Crippen molar-refractivity contribution in [2.75, 3.05) is 6.54 Å². The molecule has 0 unspecified atom stereocenters. The summed E-state index contributed by atoms with van der Waals surface area (Å²) in [6, 6.07) is 20.2. The van der Waals surface area contributed by atoms with Crippen LogP contribution >= 0.6 is 0 Å². The minimum absolute atomic E-state index is 0.0453. The van der Waals surface area contributed by atoms with Gasteiger partial charge >= 0.3 is 0 Å². The Morgan fingerprint density at radius 1 is 0.870 bits per heavy atom. The number of nitrogens with two attached hydrogens (primary N) is 2. The summed E-state index contributed by atoms with van der Waals surface area (Å²) in [5.74, 6) is -1.78. The number of nitrogens with zero attached hydrogens (tertiary/aromatic N) is 1. The topological polar surface area (TPSA) is 184 Å². The van der Waals surface area contributed by atoms with E-state index in [9.17, 15) is 24.3 Å². The first-order chi connectivity index (χ1) is 22.2. The van der Waals surface area contributed by atoms with Gasteiger partial charge in [0.15, 0.2) is 0 Å². The number of para-hydroxylation sites is 1. The summed E-state index contributed by atoms with van der Waals surface area (Å²) >= 11 is 0. The van der Waals surface area contributed by atoms with E-state index in [4.69, 9.17) is 11.5 Å². The lowest BCUT2D eigenvalue weighted by Crippen LogP contribution is -2.57. The van der Waals surface area contributed by atoms with E-state index in [0.29, 0.717) is 25.8 Å². The van der Waals surface area contributed by atoms with Gasteiger partial charge in [-0.1, -0.05) is 60.7 Å². The quantitative estimate of drug-likeness (QED) is 0.132. The molecule has 2 heterocycles. The van der Waals surface area contributed by atoms with E-state index in [1.165, 1.54) is 4.90 Å². The third-order valence-electron chi connectivity index (χ3n) is 8.42. The number of phenols is 1. The molecule has 0 saturated carbocycles. The maximum absolute atomic E-state index is 13.8. The molecule has 11 heteroatoms. The fourth-order valence-corrected chi connectivity index (χ4v) is 6.03. The molecule has 4 atom stereocenters. The highest BCUT2D eigenvalue weighted by molar-refractivity contribution is 5.95. The summed E-state index contributed by atoms with van der Waals surface area (Å²) in [7, 11) is 0. The molecule has 8 N–H and O–H groups in total. The van der Waals surface area contributed by atoms with Crippen molar-refractivity contribution in [3.63, 3.8) is 0 Å². The van der Waals surface area contributed by atoms with Crippen LogP contribution in [0.2, 0.25) is 0 Å². The molecule has 46 heavy (non-hydrogen) atoms. The molecule has 1 fully saturated rings. The summed E-state index contributed by atoms with van der Waals surface area (Å²) in [6.07, 6.45) is 3.72. The second-order valence-electron chi connectivity index (χ2n) is 11.9. The van der Waals surface area contributed by atoms with Crippen molar-refractivity contribution in [3.8, 4) is 5.75 Å². The van der Waals surface area contributed by atoms with Gasteiger partial charge in [0.25, 0.3) is 0 Å². The van der Waals surface area contributed by atoms with Crippen LogP contribution in [-0.4, -0.2) is 69.3 Å². The van der Waals surface area contributed by atoms with E-state index in [2.05, 4.69) is 15.6 Å². The fraction of sp³-hybridized carbons (Fsp3) is 0.314. The number of aromatic hydroxyl groups is 1. The Labute approximate surface area is 267 Å². The lowest BCUT2D eigenvalue weighted by atomic mass is 10.0. The SMILES string of the molecule is NC(=O)[C@H](Cc1ccccc1)NC(=O)[C@H](Cc1c[nH]c2ccccc12)NC(=O)[C@@H]1CCCN1C(=O)C[C@@H](N)Cc1ccc(O)cc1. The average molecular weight is 625 g/mol. The minimum atomic E-state index is -1.04. The van der Waals surface area contributed by atoms with Crippen LogP contribution < -0.4 is 22.1 Å². The third-order valence-corrected chi connectivity index (χ3v) is 8.42. The second-order valence-corrected chi connectivity index (χ2v) is 11.9. The van der Waals surface area contributed by atoms with E-state index < -0.39 is 41.9 Å². The van der Waals surface area contributed by atoms with Crippen molar-refractivity contribution in [1.29, 1.82) is 0 Å². The van der Waals surface area contributed by atoms with Crippen molar-refractivity contribution in [3.05, 3.63) is 102 Å². The van der Waals surface area contributed by atoms with Crippen molar-refractivity contribution in [2.24, 2.45) is 11.5 Å². The first-order valence-corrected chi connectivity index (χ1v) is 15.5. The van der Waals surface area contributed by atoms with Gasteiger partial charge in [-0.2, -0.15) is 0 Å². The van der Waals surface area contributed by atoms with Crippen LogP contribution in [0.5, 0.6) is 5.75 Å². The molecular formula is C35H40N6O5. The summed E-state index contributed by atoms with van der Waals surface area (Å²) in [4.78, 5) is 57.9. The van der Waals surface area contributed by atoms with Crippen LogP contribution in [0.4, 0.5) is 0 Å². The number of nitrogens with one attached hydrogen (secondary N) is 3. The molecule has 4 aromatic rings. The standard InChI is InChI=1S/C35H40N6O5/c36-25(17-23-12-14-26(42)15-13-23)20-32(43)41-16-6-11-31(41)35(46)40-30(19-24-21-38-28-10-5-4-9-27(24)28)34(45)39-29(33(37)44)18-22-7-2-1-3-8-22/h1-5,7-10,12-15,21,25,29-31,38,42H,6,11,16-20,36H2,(H2,37,44)(H,39,45)(H,40,46)/t25-,29-,30-,31-/m0/s1. The van der Waals surface area contributed by atoms with Crippen LogP contribution in [0.1, 0.15) is 36.0 Å². The molecule has 4 amide bonds. The van der Waals surface area contributed by atoms with Gasteiger partial charge in [0, 0.05) is 48.9 Å². The Kier molecular flexibility index (Phi) is 10.3. The number of primary amides is 1. The molecule has 1 aliphatic rings. The number of fused-ring (bicyclic) bond motifs is 1. The molecule has 1 aromatic heterocycles. The number of benzene rings is 3. The number of aromatic nitrogens is 1. The van der Waals surface area contributed by atoms with Gasteiger partial charge in [-0.25, -0.2) is 0 Å². The summed E-state index contributed by atoms with van der Waals surface area (Å²) in [6.45, 7) is 0.406. The van der Waals surface area contributed by atoms with Gasteiger partial charge in [-0.15, -0.1) is 0 Å². The van der Waals surface area contributed by atoms with Crippen LogP contribution in [0, 0.1) is 0 Å². The number of amides is 4. The molecule has 1 saturated heterocycles. The number of rotatable bonds is 13. The highest BCUT2D eigenvalue weighted by Crippen LogP contribution is 2.22. The first kappa shape index (κ1) is 32.2. The summed E-state index contributed by atoms with van der Waals surface area (Å²) < 4.78 is 0. The van der Waals surface area contributed by atoms with Crippen molar-refractivity contribution >= 4 is 34.5 Å². The molecule has 240 valence electrons. The first-order valence-electron chi connectivity index (χ1n) is 15.5. The Bertz CT molecular complexity index is 1670. The molecule has 0 spiro atoms. The van der Waals surface area contributed by atoms with Crippen molar-refractivity contribution in [2.45, 2.75) is 62.7 Å². The zero-order valence-electron chi connectivity index (χ0n) is 25.5. The van der Waals surface area contributed by atoms with Gasteiger partial charge in [0.05, 0.1) is 0 Å². The zero-order valence-corrected chi connectivity index (χ0v) is 25.5. The molecule has 5 rings (SSSR count). The Balaban J connectivity index is 1.30. The van der Waals surface area contributed by atoms with Crippen molar-refractivity contribution in [1.82, 2.24) is 20.5 Å². The molecule has 11 nitrogen and oxygen atoms in total. The van der Waals surface area contributed by atoms with Crippen LogP contribution in [0.3, 0.4) is 0 Å². The summed E-state index contributed by atoms with van der Waals surface area (Å²) in [5.41, 5.74) is 15.4. The van der Waals surface area contributed by atoms with Gasteiger partial charge in [0.2, 0.25) is 23.6 Å². The predicted octanol–water partition coefficient (Wildman–Crippen LogP) is 2.06. The number of likely N-dealkylation sites (tertiary alicyclic amines) is 1. The normalized spacial score (nSPS) is 16.5. The Morgan fingerprint density at radius 2 is 1.57 bits per heavy atom. The number of phenolic OH excluding ortho intramolecular Hbond substituents is 1. The highest BCUT2D eigenvalue weighted by Gasteiger charge is 2.37. The molecule has 0 bridgehead atoms. The molecule has 0 radical (unpaired) electrons. The number of aromatic amines is 1. The van der Waals surface area contributed by atoms with Crippen molar-refractivity contribution < 1.29 is 24.3 Å². The fourth-order valence-electron chi connectivity index (χ4n) is 6.03. The van der Waals surface area contributed by atoms with Gasteiger partial charge in [-0.05, 0) is 54.2 Å². The van der Waals surface area contributed by atoms with Gasteiger partial charge in [-0.3, -0.25) is 19.2 Å². The number of hydrogen-bond donors (Lipinski definition) is 6. The lowest BCUT2D eigenvalue weighted by molar-refractivity contribution is -0.140. The lowest BCUT2D eigenvalue weighted by Gasteiger charge is -2.28. The van der Waals surface area contributed by atoms with E-state index in [-0.39, 0.29) is 30.9 Å². The van der Waals surface area contributed by atoms with Crippen LogP contribution in [-0.2, 0) is 38.4 Å². The number of H-pyrrole nitrogens is 1. The Morgan fingerprint density at radius 3 is 2.30 bits per heavy atom. The number of carbonyl (C=O) groups is 4. The van der Waals surface area contributed by atoms with Crippen LogP contribution in [0.25, 0.3) is 10.9 Å². The van der Waals surface area contributed by atoms with Gasteiger partial charge < -0.3 is 37.1 Å². The maximum Gasteiger partial charge on any atom is 0.243 e. The number of carbonyl (C=O) groups excluding carboxylic acids is 4. The molecule has 0 aliphatic carbocycles. The van der Waals surface area contributed by atoms with E-state index in [1.54, 1.807) is 30.5 Å².